The average molecular weight is 813 g/mol. The van der Waals surface area contributed by atoms with Gasteiger partial charge < -0.3 is 24.1 Å². The molecule has 25 heteroatoms. The number of alkyl halides is 6. The number of benzene rings is 2. The maximum atomic E-state index is 12.8. The number of nitrogens with one attached hydrogen (secondary N) is 2. The summed E-state index contributed by atoms with van der Waals surface area (Å²) < 4.78 is 123. The van der Waals surface area contributed by atoms with Crippen molar-refractivity contribution >= 4 is 45.3 Å². The number of hydrogen-bond donors (Lipinski definition) is 3. The summed E-state index contributed by atoms with van der Waals surface area (Å²) in [5.74, 6) is -2.36. The van der Waals surface area contributed by atoms with Crippen molar-refractivity contribution in [3.8, 4) is 29.0 Å². The highest BCUT2D eigenvalue weighted by Crippen LogP contribution is 2.38. The Kier molecular flexibility index (Phi) is 13.4. The second-order valence-electron chi connectivity index (χ2n) is 9.75. The molecule has 2 aromatic heterocycles. The van der Waals surface area contributed by atoms with E-state index < -0.39 is 67.1 Å². The molecule has 54 heavy (non-hydrogen) atoms. The number of aromatic carboxylic acids is 1. The van der Waals surface area contributed by atoms with Gasteiger partial charge >= 0.3 is 30.0 Å². The number of urea groups is 1. The predicted molar refractivity (Wildman–Crippen MR) is 171 cm³/mol. The minimum absolute atomic E-state index is 0.0111. The van der Waals surface area contributed by atoms with Gasteiger partial charge in [-0.25, -0.2) is 19.3 Å². The lowest BCUT2D eigenvalue weighted by Crippen LogP contribution is -2.36. The van der Waals surface area contributed by atoms with Gasteiger partial charge in [0.25, 0.3) is 10.0 Å². The zero-order valence-corrected chi connectivity index (χ0v) is 28.8. The van der Waals surface area contributed by atoms with Gasteiger partial charge in [0.05, 0.1) is 48.0 Å². The summed E-state index contributed by atoms with van der Waals surface area (Å²) in [4.78, 5) is 43.7. The van der Waals surface area contributed by atoms with Crippen LogP contribution >= 0.6 is 11.6 Å². The van der Waals surface area contributed by atoms with Crippen molar-refractivity contribution in [1.82, 2.24) is 19.7 Å². The highest BCUT2D eigenvalue weighted by molar-refractivity contribution is 7.90. The van der Waals surface area contributed by atoms with Crippen LogP contribution in [0.4, 0.5) is 42.8 Å². The van der Waals surface area contributed by atoms with Gasteiger partial charge in [0.15, 0.2) is 5.03 Å². The number of ether oxygens (including phenoxy) is 4. The standard InChI is InChI=1S/C15H11ClF3NO4.C14H12F3N5O7S/c1-2-23-14-8-10(4-5-12(14)20(21)22)24-13-6-3-9(7-11(13)16)15(17,18)19;1-28-8-5-9(29-2)20-12(19-8)21-13(25)22-30(26,27)10-6(11(23)24)3-4-7(18-10)14(15,16)17/h3-8H,2H2,1H3;3-5H,1-2H3,(H,23,24)(H2,19,20,21,22,25). The van der Waals surface area contributed by atoms with Crippen LogP contribution in [0.25, 0.3) is 0 Å². The number of rotatable bonds is 11. The summed E-state index contributed by atoms with van der Waals surface area (Å²) in [6, 6.07) is 6.82. The van der Waals surface area contributed by atoms with E-state index in [0.717, 1.165) is 18.2 Å². The summed E-state index contributed by atoms with van der Waals surface area (Å²) in [6.45, 7) is 1.86. The van der Waals surface area contributed by atoms with Crippen LogP contribution in [-0.4, -0.2) is 66.2 Å². The number of hydrogen-bond acceptors (Lipinski definition) is 13. The smallest absolute Gasteiger partial charge is 0.433 e. The molecule has 0 saturated heterocycles. The molecule has 0 fully saturated rings. The first kappa shape index (κ1) is 42.2. The van der Waals surface area contributed by atoms with Gasteiger partial charge in [-0.3, -0.25) is 15.4 Å². The predicted octanol–water partition coefficient (Wildman–Crippen LogP) is 6.57. The van der Waals surface area contributed by atoms with Gasteiger partial charge in [-0.15, -0.1) is 0 Å². The zero-order chi connectivity index (χ0) is 40.6. The topological polar surface area (TPSA) is 231 Å². The van der Waals surface area contributed by atoms with Gasteiger partial charge in [0.1, 0.15) is 17.2 Å². The molecule has 17 nitrogen and oxygen atoms in total. The van der Waals surface area contributed by atoms with Crippen molar-refractivity contribution in [3.63, 3.8) is 0 Å². The average Bonchev–Trinajstić information content (AvgIpc) is 3.08. The lowest BCUT2D eigenvalue weighted by Gasteiger charge is -2.12. The Morgan fingerprint density at radius 1 is 0.907 bits per heavy atom. The largest absolute Gasteiger partial charge is 0.487 e. The van der Waals surface area contributed by atoms with E-state index in [2.05, 4.69) is 15.0 Å². The van der Waals surface area contributed by atoms with Gasteiger partial charge in [-0.2, -0.15) is 44.7 Å². The lowest BCUT2D eigenvalue weighted by molar-refractivity contribution is -0.385. The Morgan fingerprint density at radius 3 is 2.04 bits per heavy atom. The molecule has 0 atom stereocenters. The third-order valence-electron chi connectivity index (χ3n) is 6.10. The molecule has 0 aliphatic carbocycles. The van der Waals surface area contributed by atoms with E-state index in [1.807, 2.05) is 5.32 Å². The molecule has 2 aromatic carbocycles. The van der Waals surface area contributed by atoms with Gasteiger partial charge in [-0.1, -0.05) is 11.6 Å². The van der Waals surface area contributed by atoms with E-state index in [1.54, 1.807) is 6.92 Å². The van der Waals surface area contributed by atoms with E-state index in [1.165, 1.54) is 43.2 Å². The maximum Gasteiger partial charge on any atom is 0.433 e. The van der Waals surface area contributed by atoms with Crippen LogP contribution in [0.3, 0.4) is 0 Å². The minimum Gasteiger partial charge on any atom is -0.487 e. The van der Waals surface area contributed by atoms with Crippen molar-refractivity contribution in [2.45, 2.75) is 24.3 Å². The summed E-state index contributed by atoms with van der Waals surface area (Å²) in [7, 11) is -2.66. The number of carboxylic acid groups (broad SMARTS) is 1. The molecule has 0 saturated carbocycles. The van der Waals surface area contributed by atoms with Crippen molar-refractivity contribution in [1.29, 1.82) is 0 Å². The minimum atomic E-state index is -5.14. The van der Waals surface area contributed by atoms with E-state index in [0.29, 0.717) is 12.1 Å². The van der Waals surface area contributed by atoms with Crippen LogP contribution in [0.5, 0.6) is 29.0 Å². The molecule has 0 unspecified atom stereocenters. The Balaban J connectivity index is 0.000000297. The normalized spacial score (nSPS) is 11.4. The zero-order valence-electron chi connectivity index (χ0n) is 27.3. The number of nitrogens with zero attached hydrogens (tertiary/aromatic N) is 4. The fourth-order valence-electron chi connectivity index (χ4n) is 3.80. The number of halogens is 7. The molecule has 4 aromatic rings. The SMILES string of the molecule is CCOc1cc(Oc2ccc(C(F)(F)F)cc2Cl)ccc1[N+](=O)[O-].COc1cc(OC)nc(NC(=O)NS(=O)(=O)c2nc(C(F)(F)F)ccc2C(=O)O)n1. The fraction of sp³-hybridized carbons (Fsp3) is 0.207. The third kappa shape index (κ3) is 11.2. The Labute approximate surface area is 304 Å². The number of carbonyl (C=O) groups is 2. The third-order valence-corrected chi connectivity index (χ3v) is 7.67. The van der Waals surface area contributed by atoms with E-state index in [9.17, 15) is 54.5 Å². The highest BCUT2D eigenvalue weighted by Gasteiger charge is 2.36. The molecule has 290 valence electrons. The van der Waals surface area contributed by atoms with Crippen molar-refractivity contribution < 1.29 is 73.3 Å². The number of pyridine rings is 1. The second kappa shape index (κ2) is 17.1. The van der Waals surface area contributed by atoms with Crippen LogP contribution in [0.1, 0.15) is 28.5 Å². The molecule has 0 aliphatic rings. The number of sulfonamides is 1. The molecular formula is C29H23ClF6N6O11S. The molecule has 2 amide bonds. The number of carbonyl (C=O) groups excluding carboxylic acids is 1. The Hall–Kier alpha value is -6.17. The van der Waals surface area contributed by atoms with E-state index >= 15 is 0 Å². The lowest BCUT2D eigenvalue weighted by atomic mass is 10.2. The van der Waals surface area contributed by atoms with Gasteiger partial charge in [0.2, 0.25) is 23.5 Å². The van der Waals surface area contributed by atoms with Crippen molar-refractivity contribution in [2.24, 2.45) is 0 Å². The molecule has 4 rings (SSSR count). The number of methoxy groups -OCH3 is 2. The first-order valence-corrected chi connectivity index (χ1v) is 16.0. The molecule has 0 radical (unpaired) electrons. The number of aromatic nitrogens is 3. The van der Waals surface area contributed by atoms with Crippen LogP contribution in [0.2, 0.25) is 5.02 Å². The quantitative estimate of drug-likeness (QED) is 0.0826. The summed E-state index contributed by atoms with van der Waals surface area (Å²) in [5, 5.41) is 20.1. The van der Waals surface area contributed by atoms with Crippen molar-refractivity contribution in [3.05, 3.63) is 86.6 Å². The molecule has 0 bridgehead atoms. The Bertz CT molecular complexity index is 2140. The molecule has 0 aliphatic heterocycles. The second-order valence-corrected chi connectivity index (χ2v) is 11.8. The van der Waals surface area contributed by atoms with Crippen LogP contribution in [0, 0.1) is 10.1 Å². The van der Waals surface area contributed by atoms with Gasteiger partial charge in [0, 0.05) is 12.1 Å². The summed E-state index contributed by atoms with van der Waals surface area (Å²) in [5.41, 5.74) is -3.90. The number of anilines is 1. The summed E-state index contributed by atoms with van der Waals surface area (Å²) >= 11 is 5.80. The molecule has 3 N–H and O–H groups in total. The maximum absolute atomic E-state index is 12.8. The van der Waals surface area contributed by atoms with Gasteiger partial charge in [-0.05, 0) is 43.3 Å². The number of nitro benzene ring substituents is 1. The fourth-order valence-corrected chi connectivity index (χ4v) is 5.07. The Morgan fingerprint density at radius 2 is 1.54 bits per heavy atom. The van der Waals surface area contributed by atoms with Crippen LogP contribution in [0.15, 0.2) is 59.6 Å². The summed E-state index contributed by atoms with van der Waals surface area (Å²) in [6.07, 6.45) is -9.58. The molecule has 2 heterocycles. The highest BCUT2D eigenvalue weighted by atomic mass is 35.5. The number of amides is 2. The van der Waals surface area contributed by atoms with E-state index in [4.69, 9.17) is 35.7 Å². The first-order valence-electron chi connectivity index (χ1n) is 14.2. The molecule has 0 spiro atoms. The van der Waals surface area contributed by atoms with Crippen LogP contribution < -0.4 is 29.0 Å². The number of carboxylic acids is 1. The van der Waals surface area contributed by atoms with E-state index in [-0.39, 0.29) is 46.3 Å². The number of nitro groups is 1. The molecular weight excluding hydrogens is 790 g/mol. The first-order chi connectivity index (χ1) is 25.1. The monoisotopic (exact) mass is 812 g/mol. The van der Waals surface area contributed by atoms with Crippen molar-refractivity contribution in [2.75, 3.05) is 26.1 Å². The van der Waals surface area contributed by atoms with Crippen LogP contribution in [-0.2, 0) is 22.4 Å².